The van der Waals surface area contributed by atoms with Gasteiger partial charge in [-0.05, 0) is 42.4 Å². The fourth-order valence-corrected chi connectivity index (χ4v) is 2.29. The van der Waals surface area contributed by atoms with Crippen LogP contribution in [0.1, 0.15) is 31.7 Å². The van der Waals surface area contributed by atoms with Gasteiger partial charge in [0.15, 0.2) is 0 Å². The molecule has 86 valence electrons. The molecule has 0 bridgehead atoms. The zero-order valence-corrected chi connectivity index (χ0v) is 10.9. The second-order valence-electron chi connectivity index (χ2n) is 4.38. The summed E-state index contributed by atoms with van der Waals surface area (Å²) < 4.78 is 6.12. The van der Waals surface area contributed by atoms with Crippen LogP contribution in [0.4, 0.5) is 0 Å². The molecule has 0 N–H and O–H groups in total. The van der Waals surface area contributed by atoms with E-state index in [1.807, 2.05) is 0 Å². The Bertz CT molecular complexity index is 379. The quantitative estimate of drug-likeness (QED) is 0.791. The van der Waals surface area contributed by atoms with Crippen molar-refractivity contribution in [3.63, 3.8) is 0 Å². The van der Waals surface area contributed by atoms with E-state index in [9.17, 15) is 4.79 Å². The fourth-order valence-electron chi connectivity index (χ4n) is 2.03. The number of benzene rings is 1. The summed E-state index contributed by atoms with van der Waals surface area (Å²) in [6.07, 6.45) is 3.35. The van der Waals surface area contributed by atoms with E-state index in [0.717, 1.165) is 10.9 Å². The van der Waals surface area contributed by atoms with Crippen molar-refractivity contribution in [2.45, 2.75) is 31.6 Å². The minimum atomic E-state index is -0.188. The number of ether oxygens (including phenoxy) is 1. The van der Waals surface area contributed by atoms with Crippen LogP contribution in [0.25, 0.3) is 0 Å². The third-order valence-electron chi connectivity index (χ3n) is 3.20. The molecule has 0 saturated heterocycles. The number of hydrogen-bond donors (Lipinski definition) is 0. The van der Waals surface area contributed by atoms with Gasteiger partial charge in [-0.15, -0.1) is 0 Å². The number of rotatable bonds is 4. The Morgan fingerprint density at radius 3 is 2.50 bits per heavy atom. The summed E-state index contributed by atoms with van der Waals surface area (Å²) in [6, 6.07) is 8.46. The molecule has 0 heterocycles. The van der Waals surface area contributed by atoms with Gasteiger partial charge in [0.1, 0.15) is 0 Å². The van der Waals surface area contributed by atoms with Gasteiger partial charge >= 0.3 is 5.97 Å². The van der Waals surface area contributed by atoms with Crippen molar-refractivity contribution < 1.29 is 9.53 Å². The molecule has 1 aromatic rings. The molecule has 0 unspecified atom stereocenters. The Balaban J connectivity index is 1.97. The summed E-state index contributed by atoms with van der Waals surface area (Å²) in [5, 5.41) is 0. The molecular formula is C13H15BrO2. The highest BCUT2D eigenvalue weighted by molar-refractivity contribution is 9.10. The van der Waals surface area contributed by atoms with Crippen LogP contribution < -0.4 is 0 Å². The summed E-state index contributed by atoms with van der Waals surface area (Å²) in [4.78, 5) is 10.7. The molecule has 1 aromatic carbocycles. The molecule has 1 aliphatic carbocycles. The first-order valence-electron chi connectivity index (χ1n) is 5.52. The average Bonchev–Trinajstić information content (AvgIpc) is 2.99. The van der Waals surface area contributed by atoms with E-state index < -0.39 is 0 Å². The number of carbonyl (C=O) groups excluding carboxylic acids is 1. The molecular weight excluding hydrogens is 268 g/mol. The van der Waals surface area contributed by atoms with Crippen LogP contribution in [0.3, 0.4) is 0 Å². The Kier molecular flexibility index (Phi) is 3.33. The molecule has 1 aliphatic rings. The molecule has 0 aromatic heterocycles. The van der Waals surface area contributed by atoms with E-state index in [1.165, 1.54) is 25.3 Å². The predicted octanol–water partition coefficient (Wildman–Crippen LogP) is 3.43. The van der Waals surface area contributed by atoms with Crippen molar-refractivity contribution in [2.24, 2.45) is 0 Å². The van der Waals surface area contributed by atoms with Gasteiger partial charge in [-0.1, -0.05) is 28.1 Å². The lowest BCUT2D eigenvalue weighted by Crippen LogP contribution is -2.12. The summed E-state index contributed by atoms with van der Waals surface area (Å²) in [6.45, 7) is 1.99. The van der Waals surface area contributed by atoms with Crippen LogP contribution >= 0.6 is 15.9 Å². The van der Waals surface area contributed by atoms with Crippen LogP contribution in [0, 0.1) is 0 Å². The highest BCUT2D eigenvalue weighted by atomic mass is 79.9. The number of esters is 1. The molecule has 0 aliphatic heterocycles. The van der Waals surface area contributed by atoms with E-state index in [1.54, 1.807) is 0 Å². The van der Waals surface area contributed by atoms with Crippen LogP contribution in [-0.2, 0) is 14.9 Å². The van der Waals surface area contributed by atoms with Gasteiger partial charge in [0.05, 0.1) is 6.61 Å². The maximum Gasteiger partial charge on any atom is 0.302 e. The third kappa shape index (κ3) is 2.64. The Hall–Kier alpha value is -0.830. The lowest BCUT2D eigenvalue weighted by atomic mass is 9.93. The lowest BCUT2D eigenvalue weighted by molar-refractivity contribution is -0.141. The summed E-state index contributed by atoms with van der Waals surface area (Å²) in [7, 11) is 0. The molecule has 0 amide bonds. The van der Waals surface area contributed by atoms with Gasteiger partial charge in [0, 0.05) is 11.4 Å². The smallest absolute Gasteiger partial charge is 0.302 e. The molecule has 3 heteroatoms. The molecule has 2 nitrogen and oxygen atoms in total. The molecule has 1 fully saturated rings. The minimum absolute atomic E-state index is 0.188. The predicted molar refractivity (Wildman–Crippen MR) is 66.3 cm³/mol. The fraction of sp³-hybridized carbons (Fsp3) is 0.462. The second kappa shape index (κ2) is 4.58. The van der Waals surface area contributed by atoms with Crippen LogP contribution in [-0.4, -0.2) is 12.6 Å². The summed E-state index contributed by atoms with van der Waals surface area (Å²) in [5.41, 5.74) is 1.64. The van der Waals surface area contributed by atoms with Gasteiger partial charge in [-0.25, -0.2) is 0 Å². The van der Waals surface area contributed by atoms with Crippen LogP contribution in [0.2, 0.25) is 0 Å². The van der Waals surface area contributed by atoms with E-state index in [4.69, 9.17) is 4.74 Å². The average molecular weight is 283 g/mol. The van der Waals surface area contributed by atoms with Crippen LogP contribution in [0.15, 0.2) is 28.7 Å². The molecule has 0 radical (unpaired) electrons. The van der Waals surface area contributed by atoms with Gasteiger partial charge in [-0.2, -0.15) is 0 Å². The standard InChI is InChI=1S/C13H15BrO2/c1-10(15)16-9-8-13(6-7-13)11-2-4-12(14)5-3-11/h2-5H,6-9H2,1H3. The van der Waals surface area contributed by atoms with E-state index in [0.29, 0.717) is 6.61 Å². The monoisotopic (exact) mass is 282 g/mol. The maximum absolute atomic E-state index is 10.7. The summed E-state index contributed by atoms with van der Waals surface area (Å²) in [5.74, 6) is -0.188. The topological polar surface area (TPSA) is 26.3 Å². The maximum atomic E-state index is 10.7. The minimum Gasteiger partial charge on any atom is -0.466 e. The van der Waals surface area contributed by atoms with E-state index in [-0.39, 0.29) is 11.4 Å². The van der Waals surface area contributed by atoms with Crippen molar-refractivity contribution in [2.75, 3.05) is 6.61 Å². The molecule has 0 atom stereocenters. The Morgan fingerprint density at radius 2 is 2.00 bits per heavy atom. The summed E-state index contributed by atoms with van der Waals surface area (Å²) >= 11 is 3.43. The number of carbonyl (C=O) groups is 1. The van der Waals surface area contributed by atoms with Crippen molar-refractivity contribution in [3.8, 4) is 0 Å². The Morgan fingerprint density at radius 1 is 1.38 bits per heavy atom. The van der Waals surface area contributed by atoms with Gasteiger partial charge in [0.25, 0.3) is 0 Å². The second-order valence-corrected chi connectivity index (χ2v) is 5.29. The third-order valence-corrected chi connectivity index (χ3v) is 3.72. The zero-order chi connectivity index (χ0) is 11.6. The molecule has 2 rings (SSSR count). The lowest BCUT2D eigenvalue weighted by Gasteiger charge is -2.15. The Labute approximate surface area is 104 Å². The van der Waals surface area contributed by atoms with Crippen LogP contribution in [0.5, 0.6) is 0 Å². The first kappa shape index (κ1) is 11.6. The molecule has 1 saturated carbocycles. The largest absolute Gasteiger partial charge is 0.466 e. The van der Waals surface area contributed by atoms with Crippen molar-refractivity contribution in [3.05, 3.63) is 34.3 Å². The van der Waals surface area contributed by atoms with E-state index >= 15 is 0 Å². The van der Waals surface area contributed by atoms with Crippen molar-refractivity contribution in [1.82, 2.24) is 0 Å². The number of halogens is 1. The molecule has 16 heavy (non-hydrogen) atoms. The first-order chi connectivity index (χ1) is 7.62. The highest BCUT2D eigenvalue weighted by Gasteiger charge is 2.43. The normalized spacial score (nSPS) is 16.9. The van der Waals surface area contributed by atoms with Gasteiger partial charge in [-0.3, -0.25) is 4.79 Å². The molecule has 0 spiro atoms. The zero-order valence-electron chi connectivity index (χ0n) is 9.33. The van der Waals surface area contributed by atoms with Gasteiger partial charge in [0.2, 0.25) is 0 Å². The number of hydrogen-bond acceptors (Lipinski definition) is 2. The van der Waals surface area contributed by atoms with Crippen molar-refractivity contribution >= 4 is 21.9 Å². The van der Waals surface area contributed by atoms with Crippen molar-refractivity contribution in [1.29, 1.82) is 0 Å². The van der Waals surface area contributed by atoms with E-state index in [2.05, 4.69) is 40.2 Å². The van der Waals surface area contributed by atoms with Gasteiger partial charge < -0.3 is 4.74 Å². The first-order valence-corrected chi connectivity index (χ1v) is 6.31. The SMILES string of the molecule is CC(=O)OCCC1(c2ccc(Br)cc2)CC1. The highest BCUT2D eigenvalue weighted by Crippen LogP contribution is 2.51.